The van der Waals surface area contributed by atoms with E-state index in [4.69, 9.17) is 9.16 Å². The minimum absolute atomic E-state index is 0.344. The fourth-order valence-corrected chi connectivity index (χ4v) is 4.12. The van der Waals surface area contributed by atoms with Crippen LogP contribution in [0.2, 0.25) is 19.6 Å². The fraction of sp³-hybridized carbons (Fsp3) is 0.722. The smallest absolute Gasteiger partial charge is 0.384 e. The topological polar surface area (TPSA) is 35.5 Å². The number of carbonyl (C=O) groups excluding carboxylic acids is 1. The van der Waals surface area contributed by atoms with E-state index >= 15 is 0 Å². The van der Waals surface area contributed by atoms with Crippen molar-refractivity contribution in [2.75, 3.05) is 6.61 Å². The van der Waals surface area contributed by atoms with E-state index < -0.39 is 19.9 Å². The summed E-state index contributed by atoms with van der Waals surface area (Å²) in [5.41, 5.74) is -0.714. The second-order valence-electron chi connectivity index (χ2n) is 7.05. The van der Waals surface area contributed by atoms with Gasteiger partial charge < -0.3 is 9.16 Å². The lowest BCUT2D eigenvalue weighted by Gasteiger charge is -2.30. The molecule has 1 rings (SSSR count). The molecular formula is C18H30O3Si. The molecule has 1 aliphatic carbocycles. The summed E-state index contributed by atoms with van der Waals surface area (Å²) in [6, 6.07) is 0. The van der Waals surface area contributed by atoms with Gasteiger partial charge in [-0.2, -0.15) is 0 Å². The highest BCUT2D eigenvalue weighted by Gasteiger charge is 2.28. The van der Waals surface area contributed by atoms with Gasteiger partial charge in [-0.25, -0.2) is 4.79 Å². The molecule has 0 aromatic rings. The minimum atomic E-state index is -1.78. The first kappa shape index (κ1) is 19.0. The molecule has 4 heteroatoms. The Hall–Kier alpha value is -1.05. The first-order valence-electron chi connectivity index (χ1n) is 8.33. The summed E-state index contributed by atoms with van der Waals surface area (Å²) >= 11 is 0. The summed E-state index contributed by atoms with van der Waals surface area (Å²) in [5, 5.41) is 0. The zero-order chi connectivity index (χ0) is 16.6. The molecule has 3 nitrogen and oxygen atoms in total. The Kier molecular flexibility index (Phi) is 7.38. The maximum Gasteiger partial charge on any atom is 0.384 e. The van der Waals surface area contributed by atoms with Crippen LogP contribution in [0.5, 0.6) is 0 Å². The van der Waals surface area contributed by atoms with Crippen molar-refractivity contribution in [1.29, 1.82) is 0 Å². The van der Waals surface area contributed by atoms with E-state index in [0.29, 0.717) is 12.5 Å². The first-order valence-corrected chi connectivity index (χ1v) is 11.7. The number of carbonyl (C=O) groups is 1. The third-order valence-corrected chi connectivity index (χ3v) is 4.58. The molecule has 1 fully saturated rings. The highest BCUT2D eigenvalue weighted by molar-refractivity contribution is 6.69. The van der Waals surface area contributed by atoms with Crippen LogP contribution in [0, 0.1) is 17.8 Å². The van der Waals surface area contributed by atoms with Gasteiger partial charge in [0.05, 0.1) is 6.61 Å². The van der Waals surface area contributed by atoms with Crippen LogP contribution in [0.1, 0.15) is 46.0 Å². The standard InChI is InChI=1S/C18H30O3Si/c1-6-20-17(19)13-15-18(2,21-22(3,4)5)14-12-16-10-8-7-9-11-16/h12,14,16H,6-11H2,1-5H3/b14-12+. The van der Waals surface area contributed by atoms with E-state index in [1.807, 2.05) is 13.0 Å². The molecule has 0 heterocycles. The van der Waals surface area contributed by atoms with Crippen LogP contribution < -0.4 is 0 Å². The largest absolute Gasteiger partial charge is 0.456 e. The molecule has 1 atom stereocenters. The van der Waals surface area contributed by atoms with Crippen LogP contribution in [0.15, 0.2) is 12.2 Å². The van der Waals surface area contributed by atoms with E-state index in [1.54, 1.807) is 6.92 Å². The van der Waals surface area contributed by atoms with Crippen LogP contribution in [-0.2, 0) is 14.0 Å². The zero-order valence-corrected chi connectivity index (χ0v) is 15.7. The molecule has 0 aromatic heterocycles. The van der Waals surface area contributed by atoms with E-state index in [1.165, 1.54) is 32.1 Å². The van der Waals surface area contributed by atoms with Crippen molar-refractivity contribution in [2.45, 2.75) is 71.2 Å². The summed E-state index contributed by atoms with van der Waals surface area (Å²) in [7, 11) is -1.78. The average Bonchev–Trinajstić information content (AvgIpc) is 2.43. The van der Waals surface area contributed by atoms with Crippen molar-refractivity contribution < 1.29 is 14.0 Å². The van der Waals surface area contributed by atoms with E-state index in [9.17, 15) is 4.79 Å². The van der Waals surface area contributed by atoms with Gasteiger partial charge in [-0.05, 0) is 58.3 Å². The zero-order valence-electron chi connectivity index (χ0n) is 14.7. The number of hydrogen-bond acceptors (Lipinski definition) is 3. The monoisotopic (exact) mass is 322 g/mol. The van der Waals surface area contributed by atoms with Gasteiger partial charge >= 0.3 is 5.97 Å². The molecule has 22 heavy (non-hydrogen) atoms. The van der Waals surface area contributed by atoms with Crippen molar-refractivity contribution in [3.8, 4) is 11.8 Å². The van der Waals surface area contributed by atoms with Crippen molar-refractivity contribution in [3.63, 3.8) is 0 Å². The predicted octanol–water partition coefficient (Wildman–Crippen LogP) is 4.30. The summed E-state index contributed by atoms with van der Waals surface area (Å²) in [6.07, 6.45) is 10.7. The van der Waals surface area contributed by atoms with Crippen LogP contribution in [0.25, 0.3) is 0 Å². The number of rotatable bonds is 5. The minimum Gasteiger partial charge on any atom is -0.456 e. The summed E-state index contributed by atoms with van der Waals surface area (Å²) in [4.78, 5) is 11.5. The normalized spacial score (nSPS) is 19.3. The van der Waals surface area contributed by atoms with Crippen molar-refractivity contribution in [3.05, 3.63) is 12.2 Å². The third-order valence-electron chi connectivity index (χ3n) is 3.54. The SMILES string of the molecule is CCOC(=O)C#CC(C)(/C=C/C1CCCCC1)O[Si](C)(C)C. The Morgan fingerprint density at radius 2 is 1.91 bits per heavy atom. The van der Waals surface area contributed by atoms with Crippen molar-refractivity contribution in [1.82, 2.24) is 0 Å². The maximum absolute atomic E-state index is 11.5. The average molecular weight is 323 g/mol. The molecule has 0 amide bonds. The molecule has 1 aliphatic rings. The molecule has 0 saturated heterocycles. The Labute approximate surface area is 136 Å². The quantitative estimate of drug-likeness (QED) is 0.249. The lowest BCUT2D eigenvalue weighted by molar-refractivity contribution is -0.136. The molecule has 0 spiro atoms. The van der Waals surface area contributed by atoms with Crippen LogP contribution in [-0.4, -0.2) is 26.5 Å². The molecule has 0 bridgehead atoms. The Morgan fingerprint density at radius 3 is 2.45 bits per heavy atom. The van der Waals surface area contributed by atoms with Gasteiger partial charge in [-0.3, -0.25) is 0 Å². The van der Waals surface area contributed by atoms with Gasteiger partial charge in [-0.1, -0.05) is 31.3 Å². The molecule has 1 unspecified atom stereocenters. The highest BCUT2D eigenvalue weighted by atomic mass is 28.4. The second-order valence-corrected chi connectivity index (χ2v) is 11.5. The third kappa shape index (κ3) is 7.81. The van der Waals surface area contributed by atoms with Gasteiger partial charge in [-0.15, -0.1) is 0 Å². The predicted molar refractivity (Wildman–Crippen MR) is 93.0 cm³/mol. The van der Waals surface area contributed by atoms with Gasteiger partial charge in [0.25, 0.3) is 0 Å². The highest BCUT2D eigenvalue weighted by Crippen LogP contribution is 2.27. The molecule has 0 N–H and O–H groups in total. The second kappa shape index (κ2) is 8.55. The molecule has 1 saturated carbocycles. The maximum atomic E-state index is 11.5. The Balaban J connectivity index is 2.85. The lowest BCUT2D eigenvalue weighted by atomic mass is 9.88. The van der Waals surface area contributed by atoms with E-state index in [0.717, 1.165) is 0 Å². The van der Waals surface area contributed by atoms with Crippen LogP contribution in [0.4, 0.5) is 0 Å². The molecule has 0 aliphatic heterocycles. The van der Waals surface area contributed by atoms with Gasteiger partial charge in [0.2, 0.25) is 0 Å². The summed E-state index contributed by atoms with van der Waals surface area (Å²) in [5.74, 6) is 5.67. The van der Waals surface area contributed by atoms with Gasteiger partial charge in [0.15, 0.2) is 8.32 Å². The van der Waals surface area contributed by atoms with Gasteiger partial charge in [0.1, 0.15) is 5.60 Å². The van der Waals surface area contributed by atoms with Gasteiger partial charge in [0, 0.05) is 5.92 Å². The molecule has 0 radical (unpaired) electrons. The Bertz CT molecular complexity index is 447. The van der Waals surface area contributed by atoms with Crippen LogP contribution >= 0.6 is 0 Å². The number of ether oxygens (including phenoxy) is 1. The first-order chi connectivity index (χ1) is 10.2. The number of esters is 1. The molecule has 0 aromatic carbocycles. The molecular weight excluding hydrogens is 292 g/mol. The van der Waals surface area contributed by atoms with Crippen LogP contribution in [0.3, 0.4) is 0 Å². The van der Waals surface area contributed by atoms with Crippen molar-refractivity contribution >= 4 is 14.3 Å². The van der Waals surface area contributed by atoms with E-state index in [-0.39, 0.29) is 0 Å². The summed E-state index contributed by atoms with van der Waals surface area (Å²) in [6.45, 7) is 10.5. The number of allylic oxidation sites excluding steroid dienone is 1. The fourth-order valence-electron chi connectivity index (χ4n) is 2.73. The Morgan fingerprint density at radius 1 is 1.27 bits per heavy atom. The lowest BCUT2D eigenvalue weighted by Crippen LogP contribution is -2.38. The molecule has 124 valence electrons. The van der Waals surface area contributed by atoms with E-state index in [2.05, 4.69) is 37.6 Å². The summed E-state index contributed by atoms with van der Waals surface area (Å²) < 4.78 is 11.1. The van der Waals surface area contributed by atoms with Crippen molar-refractivity contribution in [2.24, 2.45) is 5.92 Å². The number of hydrogen-bond donors (Lipinski definition) is 0.